The minimum atomic E-state index is -0.971. The Hall–Kier alpha value is -1.65. The first-order valence-electron chi connectivity index (χ1n) is 7.15. The monoisotopic (exact) mass is 290 g/mol. The minimum absolute atomic E-state index is 0.153. The van der Waals surface area contributed by atoms with Gasteiger partial charge in [0, 0.05) is 25.5 Å². The van der Waals surface area contributed by atoms with Crippen molar-refractivity contribution in [2.75, 3.05) is 14.2 Å². The van der Waals surface area contributed by atoms with Gasteiger partial charge in [-0.05, 0) is 18.9 Å². The summed E-state index contributed by atoms with van der Waals surface area (Å²) in [5.41, 5.74) is -0.00860. The van der Waals surface area contributed by atoms with Crippen LogP contribution in [0.25, 0.3) is 6.08 Å². The highest BCUT2D eigenvalue weighted by atomic mass is 16.5. The van der Waals surface area contributed by atoms with Crippen molar-refractivity contribution in [3.63, 3.8) is 0 Å². The Kier molecular flexibility index (Phi) is 5.15. The molecule has 2 rings (SSSR count). The van der Waals surface area contributed by atoms with E-state index in [2.05, 4.69) is 0 Å². The van der Waals surface area contributed by atoms with E-state index in [0.717, 1.165) is 11.3 Å². The molecule has 0 aromatic heterocycles. The molecule has 4 nitrogen and oxygen atoms in total. The quantitative estimate of drug-likeness (QED) is 0.905. The van der Waals surface area contributed by atoms with Crippen molar-refractivity contribution in [2.45, 2.75) is 37.4 Å². The highest BCUT2D eigenvalue weighted by Gasteiger charge is 2.41. The first-order valence-corrected chi connectivity index (χ1v) is 7.15. The van der Waals surface area contributed by atoms with Crippen molar-refractivity contribution in [3.8, 4) is 5.75 Å². The predicted molar refractivity (Wildman–Crippen MR) is 81.2 cm³/mol. The SMILES string of the molecule is COc1ccccc1C=CCC1(O)CCC(=O)CC1OC. The van der Waals surface area contributed by atoms with Crippen molar-refractivity contribution in [3.05, 3.63) is 35.9 Å². The van der Waals surface area contributed by atoms with Crippen molar-refractivity contribution in [1.29, 1.82) is 0 Å². The Morgan fingerprint density at radius 2 is 2.14 bits per heavy atom. The lowest BCUT2D eigenvalue weighted by molar-refractivity contribution is -0.145. The molecule has 0 amide bonds. The van der Waals surface area contributed by atoms with Crippen LogP contribution in [0.15, 0.2) is 30.3 Å². The second-order valence-corrected chi connectivity index (χ2v) is 5.42. The van der Waals surface area contributed by atoms with Crippen LogP contribution in [0.4, 0.5) is 0 Å². The van der Waals surface area contributed by atoms with Crippen LogP contribution in [0.2, 0.25) is 0 Å². The van der Waals surface area contributed by atoms with Gasteiger partial charge >= 0.3 is 0 Å². The molecule has 1 aliphatic rings. The molecule has 0 aliphatic heterocycles. The molecular weight excluding hydrogens is 268 g/mol. The summed E-state index contributed by atoms with van der Waals surface area (Å²) in [7, 11) is 3.17. The molecule has 0 saturated heterocycles. The van der Waals surface area contributed by atoms with Crippen LogP contribution in [0.3, 0.4) is 0 Å². The fraction of sp³-hybridized carbons (Fsp3) is 0.471. The lowest BCUT2D eigenvalue weighted by atomic mass is 9.79. The molecule has 4 heteroatoms. The van der Waals surface area contributed by atoms with Gasteiger partial charge in [0.1, 0.15) is 11.5 Å². The van der Waals surface area contributed by atoms with Gasteiger partial charge in [0.15, 0.2) is 0 Å². The second kappa shape index (κ2) is 6.87. The molecular formula is C17H22O4. The van der Waals surface area contributed by atoms with Crippen LogP contribution in [-0.2, 0) is 9.53 Å². The fourth-order valence-corrected chi connectivity index (χ4v) is 2.75. The third kappa shape index (κ3) is 3.71. The number of ether oxygens (including phenoxy) is 2. The lowest BCUT2D eigenvalue weighted by Crippen LogP contribution is -2.47. The number of aliphatic hydroxyl groups is 1. The van der Waals surface area contributed by atoms with Gasteiger partial charge in [0.2, 0.25) is 0 Å². The Morgan fingerprint density at radius 1 is 1.38 bits per heavy atom. The Bertz CT molecular complexity index is 523. The van der Waals surface area contributed by atoms with Crippen molar-refractivity contribution >= 4 is 11.9 Å². The number of hydrogen-bond acceptors (Lipinski definition) is 4. The van der Waals surface area contributed by atoms with Crippen molar-refractivity contribution in [1.82, 2.24) is 0 Å². The Labute approximate surface area is 125 Å². The van der Waals surface area contributed by atoms with Crippen LogP contribution >= 0.6 is 0 Å². The maximum absolute atomic E-state index is 11.5. The Balaban J connectivity index is 2.07. The van der Waals surface area contributed by atoms with Crippen LogP contribution in [-0.4, -0.2) is 36.8 Å². The zero-order valence-electron chi connectivity index (χ0n) is 12.5. The zero-order valence-corrected chi connectivity index (χ0v) is 12.5. The number of benzene rings is 1. The van der Waals surface area contributed by atoms with E-state index >= 15 is 0 Å². The summed E-state index contributed by atoms with van der Waals surface area (Å²) in [5, 5.41) is 10.7. The standard InChI is InChI=1S/C17H22O4/c1-20-15-8-4-3-6-13(15)7-5-10-17(19)11-9-14(18)12-16(17)21-2/h3-8,16,19H,9-12H2,1-2H3. The van der Waals surface area contributed by atoms with Crippen molar-refractivity contribution < 1.29 is 19.4 Å². The van der Waals surface area contributed by atoms with Crippen LogP contribution < -0.4 is 4.74 Å². The number of para-hydroxylation sites is 1. The number of rotatable bonds is 5. The third-order valence-electron chi connectivity index (χ3n) is 4.04. The largest absolute Gasteiger partial charge is 0.496 e. The number of ketones is 1. The normalized spacial score (nSPS) is 26.2. The van der Waals surface area contributed by atoms with E-state index in [4.69, 9.17) is 9.47 Å². The van der Waals surface area contributed by atoms with Gasteiger partial charge < -0.3 is 14.6 Å². The van der Waals surface area contributed by atoms with E-state index in [-0.39, 0.29) is 12.2 Å². The highest BCUT2D eigenvalue weighted by Crippen LogP contribution is 2.32. The average molecular weight is 290 g/mol. The van der Waals surface area contributed by atoms with E-state index in [0.29, 0.717) is 19.3 Å². The van der Waals surface area contributed by atoms with Gasteiger partial charge in [-0.3, -0.25) is 4.79 Å². The zero-order chi connectivity index (χ0) is 15.3. The first-order chi connectivity index (χ1) is 10.1. The van der Waals surface area contributed by atoms with E-state index in [1.54, 1.807) is 7.11 Å². The molecule has 0 radical (unpaired) electrons. The Morgan fingerprint density at radius 3 is 2.86 bits per heavy atom. The molecule has 1 aliphatic carbocycles. The molecule has 0 bridgehead atoms. The van der Waals surface area contributed by atoms with Crippen molar-refractivity contribution in [2.24, 2.45) is 0 Å². The minimum Gasteiger partial charge on any atom is -0.496 e. The number of hydrogen-bond donors (Lipinski definition) is 1. The molecule has 1 saturated carbocycles. The van der Waals surface area contributed by atoms with E-state index in [1.807, 2.05) is 36.4 Å². The topological polar surface area (TPSA) is 55.8 Å². The summed E-state index contributed by atoms with van der Waals surface area (Å²) in [6, 6.07) is 7.70. The van der Waals surface area contributed by atoms with Crippen LogP contribution in [0, 0.1) is 0 Å². The third-order valence-corrected chi connectivity index (χ3v) is 4.04. The lowest BCUT2D eigenvalue weighted by Gasteiger charge is -2.37. The van der Waals surface area contributed by atoms with Gasteiger partial charge in [0.25, 0.3) is 0 Å². The number of carbonyl (C=O) groups is 1. The van der Waals surface area contributed by atoms with Gasteiger partial charge in [-0.15, -0.1) is 0 Å². The van der Waals surface area contributed by atoms with Gasteiger partial charge in [-0.25, -0.2) is 0 Å². The predicted octanol–water partition coefficient (Wildman–Crippen LogP) is 2.60. The van der Waals surface area contributed by atoms with Crippen LogP contribution in [0.5, 0.6) is 5.75 Å². The van der Waals surface area contributed by atoms with E-state index in [1.165, 1.54) is 7.11 Å². The number of Topliss-reactive ketones (excluding diaryl/α,β-unsaturated/α-hetero) is 1. The molecule has 0 heterocycles. The number of carbonyl (C=O) groups excluding carboxylic acids is 1. The molecule has 1 aromatic carbocycles. The maximum atomic E-state index is 11.5. The summed E-state index contributed by atoms with van der Waals surface area (Å²) in [6.45, 7) is 0. The molecule has 0 spiro atoms. The molecule has 21 heavy (non-hydrogen) atoms. The van der Waals surface area contributed by atoms with Crippen LogP contribution in [0.1, 0.15) is 31.2 Å². The maximum Gasteiger partial charge on any atom is 0.135 e. The second-order valence-electron chi connectivity index (χ2n) is 5.42. The molecule has 1 aromatic rings. The summed E-state index contributed by atoms with van der Waals surface area (Å²) >= 11 is 0. The summed E-state index contributed by atoms with van der Waals surface area (Å²) < 4.78 is 10.6. The summed E-state index contributed by atoms with van der Waals surface area (Å²) in [4.78, 5) is 11.5. The molecule has 1 N–H and O–H groups in total. The number of methoxy groups -OCH3 is 2. The van der Waals surface area contributed by atoms with Gasteiger partial charge in [0.05, 0.1) is 18.8 Å². The summed E-state index contributed by atoms with van der Waals surface area (Å²) in [5.74, 6) is 0.947. The fourth-order valence-electron chi connectivity index (χ4n) is 2.75. The van der Waals surface area contributed by atoms with Gasteiger partial charge in [-0.2, -0.15) is 0 Å². The molecule has 2 unspecified atom stereocenters. The molecule has 1 fully saturated rings. The summed E-state index contributed by atoms with van der Waals surface area (Å²) in [6.07, 6.45) is 5.02. The van der Waals surface area contributed by atoms with E-state index in [9.17, 15) is 9.90 Å². The highest BCUT2D eigenvalue weighted by molar-refractivity contribution is 5.80. The molecule has 2 atom stereocenters. The van der Waals surface area contributed by atoms with Gasteiger partial charge in [-0.1, -0.05) is 30.4 Å². The first kappa shape index (κ1) is 15.7. The average Bonchev–Trinajstić information content (AvgIpc) is 2.50. The van der Waals surface area contributed by atoms with E-state index < -0.39 is 11.7 Å². The molecule has 114 valence electrons. The smallest absolute Gasteiger partial charge is 0.135 e.